The Hall–Kier alpha value is -3.25. The van der Waals surface area contributed by atoms with Crippen molar-refractivity contribution in [2.45, 2.75) is 45.6 Å². The maximum Gasteiger partial charge on any atom is 0.148 e. The van der Waals surface area contributed by atoms with Crippen LogP contribution in [0.1, 0.15) is 47.0 Å². The van der Waals surface area contributed by atoms with E-state index in [-0.39, 0.29) is 0 Å². The van der Waals surface area contributed by atoms with Gasteiger partial charge in [0, 0.05) is 17.6 Å². The molecule has 6 heteroatoms. The standard InChI is InChI=1S/C27H29N5O/c1-18-9-10-23-22(6-4-7-24(23)28-18)20-11-14-31(15-12-20)16-13-21-5-3-8-25-27(21)33-17-26-19(2)29-30-32(25)26/h3-10,20H,11-17H2,1-2H3. The molecule has 168 valence electrons. The molecule has 6 nitrogen and oxygen atoms in total. The summed E-state index contributed by atoms with van der Waals surface area (Å²) in [6, 6.07) is 17.3. The average molecular weight is 440 g/mol. The quantitative estimate of drug-likeness (QED) is 0.459. The van der Waals surface area contributed by atoms with E-state index in [0.717, 1.165) is 60.1 Å². The molecule has 4 aromatic rings. The minimum Gasteiger partial charge on any atom is -0.485 e. The summed E-state index contributed by atoms with van der Waals surface area (Å²) in [5.41, 5.74) is 7.90. The van der Waals surface area contributed by atoms with E-state index in [1.54, 1.807) is 0 Å². The van der Waals surface area contributed by atoms with E-state index in [0.29, 0.717) is 12.5 Å². The molecule has 0 N–H and O–H groups in total. The number of rotatable bonds is 4. The number of nitrogens with zero attached hydrogens (tertiary/aromatic N) is 5. The largest absolute Gasteiger partial charge is 0.485 e. The molecule has 2 aliphatic heterocycles. The summed E-state index contributed by atoms with van der Waals surface area (Å²) in [6.07, 6.45) is 3.37. The van der Waals surface area contributed by atoms with Gasteiger partial charge in [-0.05, 0) is 81.4 Å². The number of aryl methyl sites for hydroxylation is 2. The Morgan fingerprint density at radius 2 is 1.85 bits per heavy atom. The van der Waals surface area contributed by atoms with Gasteiger partial charge in [-0.3, -0.25) is 4.98 Å². The lowest BCUT2D eigenvalue weighted by Crippen LogP contribution is -2.34. The van der Waals surface area contributed by atoms with Gasteiger partial charge in [0.05, 0.1) is 11.2 Å². The molecule has 0 amide bonds. The summed E-state index contributed by atoms with van der Waals surface area (Å²) in [6.45, 7) is 7.88. The molecule has 2 aromatic carbocycles. The van der Waals surface area contributed by atoms with E-state index < -0.39 is 0 Å². The van der Waals surface area contributed by atoms with Gasteiger partial charge in [0.1, 0.15) is 23.7 Å². The Labute approximate surface area is 194 Å². The van der Waals surface area contributed by atoms with E-state index in [1.165, 1.54) is 29.4 Å². The van der Waals surface area contributed by atoms with Crippen LogP contribution in [0.4, 0.5) is 0 Å². The number of benzene rings is 2. The van der Waals surface area contributed by atoms with Gasteiger partial charge >= 0.3 is 0 Å². The molecular formula is C27H29N5O. The zero-order valence-electron chi connectivity index (χ0n) is 19.3. The smallest absolute Gasteiger partial charge is 0.148 e. The zero-order valence-corrected chi connectivity index (χ0v) is 19.3. The van der Waals surface area contributed by atoms with Crippen molar-refractivity contribution in [1.82, 2.24) is 24.9 Å². The van der Waals surface area contributed by atoms with Crippen LogP contribution in [0.5, 0.6) is 5.75 Å². The summed E-state index contributed by atoms with van der Waals surface area (Å²) in [7, 11) is 0. The predicted molar refractivity (Wildman–Crippen MR) is 129 cm³/mol. The van der Waals surface area contributed by atoms with Crippen molar-refractivity contribution in [2.24, 2.45) is 0 Å². The van der Waals surface area contributed by atoms with Gasteiger partial charge in [-0.15, -0.1) is 5.10 Å². The minimum absolute atomic E-state index is 0.535. The van der Waals surface area contributed by atoms with Crippen LogP contribution in [0, 0.1) is 13.8 Å². The van der Waals surface area contributed by atoms with Gasteiger partial charge in [-0.2, -0.15) is 0 Å². The second-order valence-electron chi connectivity index (χ2n) is 9.32. The summed E-state index contributed by atoms with van der Waals surface area (Å²) >= 11 is 0. The minimum atomic E-state index is 0.535. The normalized spacial score (nSPS) is 16.4. The molecule has 2 aromatic heterocycles. The van der Waals surface area contributed by atoms with Crippen LogP contribution < -0.4 is 4.74 Å². The Morgan fingerprint density at radius 1 is 1.00 bits per heavy atom. The number of hydrogen-bond donors (Lipinski definition) is 0. The third-order valence-electron chi connectivity index (χ3n) is 7.24. The van der Waals surface area contributed by atoms with Gasteiger partial charge in [-0.25, -0.2) is 4.68 Å². The van der Waals surface area contributed by atoms with E-state index in [4.69, 9.17) is 9.72 Å². The lowest BCUT2D eigenvalue weighted by Gasteiger charge is -2.33. The van der Waals surface area contributed by atoms with Gasteiger partial charge in [-0.1, -0.05) is 35.5 Å². The van der Waals surface area contributed by atoms with Crippen molar-refractivity contribution < 1.29 is 4.74 Å². The van der Waals surface area contributed by atoms with E-state index in [1.807, 2.05) is 11.6 Å². The Balaban J connectivity index is 1.13. The first-order chi connectivity index (χ1) is 16.2. The molecule has 1 fully saturated rings. The first-order valence-corrected chi connectivity index (χ1v) is 11.9. The van der Waals surface area contributed by atoms with Crippen LogP contribution >= 0.6 is 0 Å². The lowest BCUT2D eigenvalue weighted by molar-refractivity contribution is 0.213. The third-order valence-corrected chi connectivity index (χ3v) is 7.24. The maximum absolute atomic E-state index is 6.16. The van der Waals surface area contributed by atoms with Crippen LogP contribution in [0.25, 0.3) is 16.6 Å². The lowest BCUT2D eigenvalue weighted by atomic mass is 9.87. The molecule has 1 saturated heterocycles. The monoisotopic (exact) mass is 439 g/mol. The van der Waals surface area contributed by atoms with Crippen molar-refractivity contribution in [3.8, 4) is 11.4 Å². The molecule has 0 radical (unpaired) electrons. The number of fused-ring (bicyclic) bond motifs is 4. The molecule has 0 saturated carbocycles. The second kappa shape index (κ2) is 8.27. The molecule has 0 aliphatic carbocycles. The molecule has 0 bridgehead atoms. The number of ether oxygens (including phenoxy) is 1. The second-order valence-corrected chi connectivity index (χ2v) is 9.32. The Kier molecular flexibility index (Phi) is 5.10. The number of para-hydroxylation sites is 1. The number of hydrogen-bond acceptors (Lipinski definition) is 5. The molecule has 2 aliphatic rings. The van der Waals surface area contributed by atoms with Crippen molar-refractivity contribution >= 4 is 10.9 Å². The van der Waals surface area contributed by atoms with Crippen LogP contribution in [-0.2, 0) is 13.0 Å². The van der Waals surface area contributed by atoms with Crippen LogP contribution in [-0.4, -0.2) is 44.5 Å². The van der Waals surface area contributed by atoms with Crippen LogP contribution in [0.3, 0.4) is 0 Å². The molecule has 0 spiro atoms. The van der Waals surface area contributed by atoms with Crippen molar-refractivity contribution in [1.29, 1.82) is 0 Å². The van der Waals surface area contributed by atoms with E-state index >= 15 is 0 Å². The fraction of sp³-hybridized carbons (Fsp3) is 0.370. The van der Waals surface area contributed by atoms with E-state index in [9.17, 15) is 0 Å². The van der Waals surface area contributed by atoms with Gasteiger partial charge < -0.3 is 9.64 Å². The number of piperidine rings is 1. The number of aromatic nitrogens is 4. The van der Waals surface area contributed by atoms with E-state index in [2.05, 4.69) is 70.7 Å². The maximum atomic E-state index is 6.16. The Morgan fingerprint density at radius 3 is 2.73 bits per heavy atom. The molecule has 0 atom stereocenters. The number of likely N-dealkylation sites (tertiary alicyclic amines) is 1. The highest BCUT2D eigenvalue weighted by Gasteiger charge is 2.25. The number of pyridine rings is 1. The summed E-state index contributed by atoms with van der Waals surface area (Å²) < 4.78 is 8.09. The highest BCUT2D eigenvalue weighted by atomic mass is 16.5. The zero-order chi connectivity index (χ0) is 22.4. The fourth-order valence-electron chi connectivity index (χ4n) is 5.36. The summed E-state index contributed by atoms with van der Waals surface area (Å²) in [5, 5.41) is 9.86. The molecule has 4 heterocycles. The average Bonchev–Trinajstić information content (AvgIpc) is 3.23. The highest BCUT2D eigenvalue weighted by molar-refractivity contribution is 5.83. The first kappa shape index (κ1) is 20.4. The Bertz CT molecular complexity index is 1320. The molecular weight excluding hydrogens is 410 g/mol. The molecule has 33 heavy (non-hydrogen) atoms. The van der Waals surface area contributed by atoms with Gasteiger partial charge in [0.15, 0.2) is 0 Å². The predicted octanol–water partition coefficient (Wildman–Crippen LogP) is 4.75. The summed E-state index contributed by atoms with van der Waals surface area (Å²) in [5.74, 6) is 1.57. The van der Waals surface area contributed by atoms with Gasteiger partial charge in [0.25, 0.3) is 0 Å². The molecule has 0 unspecified atom stereocenters. The van der Waals surface area contributed by atoms with Crippen LogP contribution in [0.15, 0.2) is 48.5 Å². The van der Waals surface area contributed by atoms with Crippen molar-refractivity contribution in [3.05, 3.63) is 76.7 Å². The topological polar surface area (TPSA) is 56.1 Å². The fourth-order valence-corrected chi connectivity index (χ4v) is 5.36. The van der Waals surface area contributed by atoms with Crippen LogP contribution in [0.2, 0.25) is 0 Å². The van der Waals surface area contributed by atoms with Crippen molar-refractivity contribution in [2.75, 3.05) is 19.6 Å². The summed E-state index contributed by atoms with van der Waals surface area (Å²) in [4.78, 5) is 7.32. The van der Waals surface area contributed by atoms with Gasteiger partial charge in [0.2, 0.25) is 0 Å². The highest BCUT2D eigenvalue weighted by Crippen LogP contribution is 2.35. The SMILES string of the molecule is Cc1ccc2c(C3CCN(CCc4cccc5c4OCc4c(C)nnn4-5)CC3)cccc2n1. The first-order valence-electron chi connectivity index (χ1n) is 11.9. The molecule has 6 rings (SSSR count). The third kappa shape index (κ3) is 3.68. The van der Waals surface area contributed by atoms with Crippen molar-refractivity contribution in [3.63, 3.8) is 0 Å².